The molecule has 0 saturated heterocycles. The van der Waals surface area contributed by atoms with Crippen LogP contribution in [0.1, 0.15) is 33.6 Å². The first kappa shape index (κ1) is 22.4. The van der Waals surface area contributed by atoms with Gasteiger partial charge in [0.25, 0.3) is 11.8 Å². The highest BCUT2D eigenvalue weighted by Crippen LogP contribution is 2.20. The average molecular weight is 445 g/mol. The van der Waals surface area contributed by atoms with E-state index in [0.717, 1.165) is 17.1 Å². The molecule has 1 saturated carbocycles. The van der Waals surface area contributed by atoms with E-state index in [1.807, 2.05) is 0 Å². The van der Waals surface area contributed by atoms with E-state index >= 15 is 0 Å². The standard InChI is InChI=1S/C21H24N4O5S/c1-25(2)31(29,30)18-8-4-6-15(12-18)20(27)22-13-19(26)23-17-7-3-5-14(11-17)21(28)24-16-9-10-16/h3-8,11-12,16H,9-10,13H2,1-2H3,(H,22,27)(H,23,26)(H,24,28). The van der Waals surface area contributed by atoms with Gasteiger partial charge in [-0.1, -0.05) is 12.1 Å². The van der Waals surface area contributed by atoms with Crippen molar-refractivity contribution < 1.29 is 22.8 Å². The number of hydrogen-bond donors (Lipinski definition) is 3. The number of rotatable bonds is 8. The summed E-state index contributed by atoms with van der Waals surface area (Å²) in [5.41, 5.74) is 0.990. The molecule has 10 heteroatoms. The highest BCUT2D eigenvalue weighted by molar-refractivity contribution is 7.89. The van der Waals surface area contributed by atoms with Crippen molar-refractivity contribution in [2.45, 2.75) is 23.8 Å². The second kappa shape index (κ2) is 9.27. The molecule has 3 amide bonds. The minimum atomic E-state index is -3.68. The predicted molar refractivity (Wildman–Crippen MR) is 115 cm³/mol. The van der Waals surface area contributed by atoms with E-state index in [-0.39, 0.29) is 29.0 Å². The molecule has 0 unspecified atom stereocenters. The lowest BCUT2D eigenvalue weighted by molar-refractivity contribution is -0.115. The molecular formula is C21H24N4O5S. The first-order valence-electron chi connectivity index (χ1n) is 9.68. The van der Waals surface area contributed by atoms with E-state index in [4.69, 9.17) is 0 Å². The molecule has 0 aromatic heterocycles. The Labute approximate surface area is 180 Å². The molecule has 164 valence electrons. The summed E-state index contributed by atoms with van der Waals surface area (Å²) in [6.07, 6.45) is 1.96. The Hall–Kier alpha value is -3.24. The van der Waals surface area contributed by atoms with Crippen LogP contribution in [-0.4, -0.2) is 57.1 Å². The number of carbonyl (C=O) groups is 3. The van der Waals surface area contributed by atoms with Crippen molar-refractivity contribution >= 4 is 33.4 Å². The highest BCUT2D eigenvalue weighted by Gasteiger charge is 2.24. The van der Waals surface area contributed by atoms with Crippen molar-refractivity contribution in [2.24, 2.45) is 0 Å². The quantitative estimate of drug-likeness (QED) is 0.564. The van der Waals surface area contributed by atoms with Gasteiger partial charge in [0.1, 0.15) is 0 Å². The monoisotopic (exact) mass is 444 g/mol. The van der Waals surface area contributed by atoms with Crippen LogP contribution in [0.3, 0.4) is 0 Å². The lowest BCUT2D eigenvalue weighted by Gasteiger charge is -2.12. The average Bonchev–Trinajstić information content (AvgIpc) is 3.56. The Kier molecular flexibility index (Phi) is 6.71. The third kappa shape index (κ3) is 5.89. The van der Waals surface area contributed by atoms with Gasteiger partial charge in [-0.15, -0.1) is 0 Å². The molecule has 0 radical (unpaired) electrons. The van der Waals surface area contributed by atoms with Gasteiger partial charge < -0.3 is 16.0 Å². The Morgan fingerprint density at radius 1 is 0.968 bits per heavy atom. The van der Waals surface area contributed by atoms with Crippen molar-refractivity contribution in [3.8, 4) is 0 Å². The van der Waals surface area contributed by atoms with Crippen molar-refractivity contribution in [1.82, 2.24) is 14.9 Å². The van der Waals surface area contributed by atoms with Gasteiger partial charge in [-0.3, -0.25) is 14.4 Å². The number of anilines is 1. The number of sulfonamides is 1. The molecule has 0 aliphatic heterocycles. The topological polar surface area (TPSA) is 125 Å². The van der Waals surface area contributed by atoms with E-state index < -0.39 is 21.8 Å². The minimum absolute atomic E-state index is 0.0177. The zero-order valence-electron chi connectivity index (χ0n) is 17.2. The molecule has 0 bridgehead atoms. The van der Waals surface area contributed by atoms with Crippen LogP contribution < -0.4 is 16.0 Å². The van der Waals surface area contributed by atoms with Gasteiger partial charge in [-0.2, -0.15) is 0 Å². The Balaban J connectivity index is 1.57. The largest absolute Gasteiger partial charge is 0.349 e. The number of benzene rings is 2. The van der Waals surface area contributed by atoms with Gasteiger partial charge in [0, 0.05) is 37.0 Å². The van der Waals surface area contributed by atoms with Crippen molar-refractivity contribution in [3.05, 3.63) is 59.7 Å². The molecule has 3 N–H and O–H groups in total. The maximum atomic E-state index is 12.4. The number of carbonyl (C=O) groups excluding carboxylic acids is 3. The van der Waals surface area contributed by atoms with Crippen LogP contribution in [0.4, 0.5) is 5.69 Å². The van der Waals surface area contributed by atoms with Gasteiger partial charge in [-0.25, -0.2) is 12.7 Å². The summed E-state index contributed by atoms with van der Waals surface area (Å²) in [7, 11) is -0.879. The first-order valence-corrected chi connectivity index (χ1v) is 11.1. The van der Waals surface area contributed by atoms with Gasteiger partial charge in [-0.05, 0) is 49.2 Å². The van der Waals surface area contributed by atoms with Gasteiger partial charge >= 0.3 is 0 Å². The van der Waals surface area contributed by atoms with Crippen molar-refractivity contribution in [3.63, 3.8) is 0 Å². The Morgan fingerprint density at radius 2 is 1.61 bits per heavy atom. The van der Waals surface area contributed by atoms with E-state index in [2.05, 4.69) is 16.0 Å². The van der Waals surface area contributed by atoms with Crippen LogP contribution in [0, 0.1) is 0 Å². The third-order valence-electron chi connectivity index (χ3n) is 4.61. The van der Waals surface area contributed by atoms with E-state index in [1.165, 1.54) is 38.4 Å². The fourth-order valence-electron chi connectivity index (χ4n) is 2.71. The van der Waals surface area contributed by atoms with Gasteiger partial charge in [0.05, 0.1) is 11.4 Å². The molecule has 1 aliphatic rings. The maximum absolute atomic E-state index is 12.4. The molecule has 31 heavy (non-hydrogen) atoms. The van der Waals surface area contributed by atoms with Crippen LogP contribution in [0.25, 0.3) is 0 Å². The zero-order chi connectivity index (χ0) is 22.6. The van der Waals surface area contributed by atoms with Crippen LogP contribution in [0.2, 0.25) is 0 Å². The van der Waals surface area contributed by atoms with Gasteiger partial charge in [0.2, 0.25) is 15.9 Å². The second-order valence-electron chi connectivity index (χ2n) is 7.37. The van der Waals surface area contributed by atoms with Crippen LogP contribution in [-0.2, 0) is 14.8 Å². The molecule has 2 aromatic rings. The smallest absolute Gasteiger partial charge is 0.251 e. The Bertz CT molecular complexity index is 1110. The Morgan fingerprint density at radius 3 is 2.26 bits per heavy atom. The van der Waals surface area contributed by atoms with E-state index in [9.17, 15) is 22.8 Å². The predicted octanol–water partition coefficient (Wildman–Crippen LogP) is 1.20. The normalized spacial score (nSPS) is 13.5. The maximum Gasteiger partial charge on any atom is 0.251 e. The summed E-state index contributed by atoms with van der Waals surface area (Å²) in [4.78, 5) is 36.7. The van der Waals surface area contributed by atoms with Crippen LogP contribution in [0.15, 0.2) is 53.4 Å². The molecule has 0 atom stereocenters. The summed E-state index contributed by atoms with van der Waals surface area (Å²) in [6.45, 7) is -0.317. The molecule has 1 aliphatic carbocycles. The number of nitrogens with zero attached hydrogens (tertiary/aromatic N) is 1. The summed E-state index contributed by atoms with van der Waals surface area (Å²) < 4.78 is 25.5. The molecule has 3 rings (SSSR count). The summed E-state index contributed by atoms with van der Waals surface area (Å²) in [6, 6.07) is 12.3. The number of hydrogen-bond acceptors (Lipinski definition) is 5. The summed E-state index contributed by atoms with van der Waals surface area (Å²) >= 11 is 0. The fourth-order valence-corrected chi connectivity index (χ4v) is 3.66. The first-order chi connectivity index (χ1) is 14.7. The molecule has 2 aromatic carbocycles. The molecule has 0 spiro atoms. The lowest BCUT2D eigenvalue weighted by atomic mass is 10.2. The summed E-state index contributed by atoms with van der Waals surface area (Å²) in [5.74, 6) is -1.26. The minimum Gasteiger partial charge on any atom is -0.349 e. The SMILES string of the molecule is CN(C)S(=O)(=O)c1cccc(C(=O)NCC(=O)Nc2cccc(C(=O)NC3CC3)c2)c1. The summed E-state index contributed by atoms with van der Waals surface area (Å²) in [5, 5.41) is 7.96. The molecule has 1 fully saturated rings. The van der Waals surface area contributed by atoms with Crippen LogP contribution >= 0.6 is 0 Å². The van der Waals surface area contributed by atoms with E-state index in [0.29, 0.717) is 11.3 Å². The second-order valence-corrected chi connectivity index (χ2v) is 9.53. The van der Waals surface area contributed by atoms with Crippen LogP contribution in [0.5, 0.6) is 0 Å². The van der Waals surface area contributed by atoms with E-state index in [1.54, 1.807) is 24.3 Å². The zero-order valence-corrected chi connectivity index (χ0v) is 18.0. The van der Waals surface area contributed by atoms with Gasteiger partial charge in [0.15, 0.2) is 0 Å². The third-order valence-corrected chi connectivity index (χ3v) is 6.42. The lowest BCUT2D eigenvalue weighted by Crippen LogP contribution is -2.33. The fraction of sp³-hybridized carbons (Fsp3) is 0.286. The number of nitrogens with one attached hydrogen (secondary N) is 3. The van der Waals surface area contributed by atoms with Crippen molar-refractivity contribution in [2.75, 3.05) is 26.0 Å². The number of amides is 3. The van der Waals surface area contributed by atoms with Crippen molar-refractivity contribution in [1.29, 1.82) is 0 Å². The molecular weight excluding hydrogens is 420 g/mol. The molecule has 9 nitrogen and oxygen atoms in total. The highest BCUT2D eigenvalue weighted by atomic mass is 32.2. The molecule has 0 heterocycles.